The number of alkyl halides is 2. The predicted octanol–water partition coefficient (Wildman–Crippen LogP) is 4.63. The monoisotopic (exact) mass is 482 g/mol. The van der Waals surface area contributed by atoms with Gasteiger partial charge in [0.25, 0.3) is 5.91 Å². The van der Waals surface area contributed by atoms with E-state index in [0.717, 1.165) is 20.1 Å². The molecule has 9 heteroatoms. The van der Waals surface area contributed by atoms with Gasteiger partial charge in [-0.2, -0.15) is 5.10 Å². The molecule has 2 N–H and O–H groups in total. The van der Waals surface area contributed by atoms with E-state index < -0.39 is 24.0 Å². The molecule has 0 unspecified atom stereocenters. The molecule has 2 heterocycles. The molecule has 1 amide bonds. The topological polar surface area (TPSA) is 80.0 Å². The number of amides is 1. The lowest BCUT2D eigenvalue weighted by molar-refractivity contribution is -0.153. The Balaban J connectivity index is 1.32. The number of nitrogens with one attached hydrogen (secondary N) is 1. The molecule has 0 radical (unpaired) electrons. The number of carbonyl (C=O) groups is 1. The maximum Gasteiger partial charge on any atom is 0.251 e. The van der Waals surface area contributed by atoms with E-state index in [1.807, 2.05) is 25.1 Å². The van der Waals surface area contributed by atoms with Crippen molar-refractivity contribution in [3.8, 4) is 10.6 Å². The van der Waals surface area contributed by atoms with Crippen molar-refractivity contribution in [1.82, 2.24) is 20.1 Å². The standard InChI is InChI=1S/C25H24F2N4O2S/c1-15-12-29-24(34-15)17-7-8-19-14-31(30-20(19)11-17)25(27)10-9-18(21(26)22(25)32)13-28-23(33)16-5-3-2-4-6-16/h2-8,11-12,14,18,21-22,32H,9-10,13H2,1H3,(H,28,33)/t18-,21-,22-,25+/m1/s1. The first-order chi connectivity index (χ1) is 16.3. The highest BCUT2D eigenvalue weighted by atomic mass is 32.1. The summed E-state index contributed by atoms with van der Waals surface area (Å²) >= 11 is 1.55. The van der Waals surface area contributed by atoms with Gasteiger partial charge in [0, 0.05) is 52.7 Å². The molecule has 1 aliphatic rings. The molecule has 0 aliphatic heterocycles. The number of aliphatic hydroxyl groups excluding tert-OH is 1. The number of halogens is 2. The second kappa shape index (κ2) is 8.88. The first kappa shape index (κ1) is 22.6. The number of nitrogens with zero attached hydrogens (tertiary/aromatic N) is 3. The fourth-order valence-electron chi connectivity index (χ4n) is 4.40. The highest BCUT2D eigenvalue weighted by Crippen LogP contribution is 2.41. The largest absolute Gasteiger partial charge is 0.385 e. The van der Waals surface area contributed by atoms with E-state index in [9.17, 15) is 9.90 Å². The third-order valence-corrected chi connectivity index (χ3v) is 7.35. The average molecular weight is 483 g/mol. The first-order valence-electron chi connectivity index (χ1n) is 11.1. The van der Waals surface area contributed by atoms with E-state index in [1.165, 1.54) is 6.20 Å². The second-order valence-corrected chi connectivity index (χ2v) is 9.94. The zero-order valence-corrected chi connectivity index (χ0v) is 19.3. The summed E-state index contributed by atoms with van der Waals surface area (Å²) in [6, 6.07) is 14.1. The zero-order valence-electron chi connectivity index (χ0n) is 18.5. The van der Waals surface area contributed by atoms with Gasteiger partial charge in [-0.05, 0) is 31.5 Å². The minimum absolute atomic E-state index is 0.0136. The molecule has 2 aromatic carbocycles. The van der Waals surface area contributed by atoms with E-state index >= 15 is 8.78 Å². The van der Waals surface area contributed by atoms with Crippen LogP contribution in [0.3, 0.4) is 0 Å². The number of rotatable bonds is 5. The number of hydrogen-bond acceptors (Lipinski definition) is 5. The number of aryl methyl sites for hydroxylation is 1. The smallest absolute Gasteiger partial charge is 0.251 e. The van der Waals surface area contributed by atoms with Crippen molar-refractivity contribution in [1.29, 1.82) is 0 Å². The Kier molecular flexibility index (Phi) is 5.91. The van der Waals surface area contributed by atoms with Gasteiger partial charge in [-0.15, -0.1) is 11.3 Å². The molecule has 1 aliphatic carbocycles. The van der Waals surface area contributed by atoms with Crippen molar-refractivity contribution in [2.75, 3.05) is 6.54 Å². The second-order valence-electron chi connectivity index (χ2n) is 8.71. The quantitative estimate of drug-likeness (QED) is 0.435. The van der Waals surface area contributed by atoms with Gasteiger partial charge < -0.3 is 10.4 Å². The zero-order chi connectivity index (χ0) is 23.9. The maximum absolute atomic E-state index is 16.0. The number of benzene rings is 2. The summed E-state index contributed by atoms with van der Waals surface area (Å²) in [5, 5.41) is 19.2. The lowest BCUT2D eigenvalue weighted by Crippen LogP contribution is -2.54. The van der Waals surface area contributed by atoms with Crippen molar-refractivity contribution in [2.24, 2.45) is 5.92 Å². The van der Waals surface area contributed by atoms with Crippen LogP contribution in [0.5, 0.6) is 0 Å². The molecule has 0 bridgehead atoms. The van der Waals surface area contributed by atoms with Gasteiger partial charge in [-0.3, -0.25) is 4.79 Å². The molecule has 0 spiro atoms. The van der Waals surface area contributed by atoms with Gasteiger partial charge in [-0.1, -0.05) is 30.3 Å². The summed E-state index contributed by atoms with van der Waals surface area (Å²) in [7, 11) is 0. The molecule has 1 saturated carbocycles. The third kappa shape index (κ3) is 4.10. The number of aromatic nitrogens is 3. The Morgan fingerprint density at radius 2 is 2.09 bits per heavy atom. The molecular formula is C25H24F2N4O2S. The fourth-order valence-corrected chi connectivity index (χ4v) is 5.17. The van der Waals surface area contributed by atoms with Crippen LogP contribution in [-0.2, 0) is 5.79 Å². The summed E-state index contributed by atoms with van der Waals surface area (Å²) < 4.78 is 32.1. The van der Waals surface area contributed by atoms with E-state index in [2.05, 4.69) is 15.4 Å². The van der Waals surface area contributed by atoms with Crippen LogP contribution in [0, 0.1) is 12.8 Å². The van der Waals surface area contributed by atoms with Crippen LogP contribution in [-0.4, -0.2) is 44.6 Å². The number of fused-ring (bicyclic) bond motifs is 1. The van der Waals surface area contributed by atoms with Crippen LogP contribution in [0.15, 0.2) is 60.9 Å². The minimum atomic E-state index is -2.38. The molecule has 176 valence electrons. The lowest BCUT2D eigenvalue weighted by atomic mass is 9.80. The van der Waals surface area contributed by atoms with Gasteiger partial charge in [0.15, 0.2) is 0 Å². The van der Waals surface area contributed by atoms with Gasteiger partial charge in [0.1, 0.15) is 17.3 Å². The Labute approximate surface area is 199 Å². The minimum Gasteiger partial charge on any atom is -0.385 e. The molecule has 2 aromatic heterocycles. The van der Waals surface area contributed by atoms with Crippen LogP contribution in [0.4, 0.5) is 8.78 Å². The molecule has 6 nitrogen and oxygen atoms in total. The van der Waals surface area contributed by atoms with Crippen LogP contribution in [0.25, 0.3) is 21.5 Å². The summed E-state index contributed by atoms with van der Waals surface area (Å²) in [4.78, 5) is 17.7. The third-order valence-electron chi connectivity index (χ3n) is 6.39. The number of aliphatic hydroxyl groups is 1. The van der Waals surface area contributed by atoms with Gasteiger partial charge in [-0.25, -0.2) is 18.4 Å². The Morgan fingerprint density at radius 1 is 1.29 bits per heavy atom. The molecular weight excluding hydrogens is 458 g/mol. The van der Waals surface area contributed by atoms with Crippen LogP contribution >= 0.6 is 11.3 Å². The summed E-state index contributed by atoms with van der Waals surface area (Å²) in [5.41, 5.74) is 1.87. The van der Waals surface area contributed by atoms with E-state index in [-0.39, 0.29) is 25.3 Å². The number of thiazole rings is 1. The molecule has 1 fully saturated rings. The Morgan fingerprint density at radius 3 is 2.82 bits per heavy atom. The Hall–Kier alpha value is -3.17. The Bertz CT molecular complexity index is 1320. The van der Waals surface area contributed by atoms with Gasteiger partial charge in [0.05, 0.1) is 5.52 Å². The maximum atomic E-state index is 16.0. The molecule has 5 rings (SSSR count). The first-order valence-corrected chi connectivity index (χ1v) is 11.9. The molecule has 4 aromatic rings. The van der Waals surface area contributed by atoms with Crippen LogP contribution in [0.2, 0.25) is 0 Å². The summed E-state index contributed by atoms with van der Waals surface area (Å²) in [6.45, 7) is 1.99. The normalized spacial score (nSPS) is 24.9. The number of carbonyl (C=O) groups excluding carboxylic acids is 1. The van der Waals surface area contributed by atoms with Gasteiger partial charge >= 0.3 is 0 Å². The van der Waals surface area contributed by atoms with Crippen LogP contribution in [0.1, 0.15) is 28.1 Å². The SMILES string of the molecule is Cc1cnc(-c2ccc3cn([C@@]4(F)CC[C@H](CNC(=O)c5ccccc5)[C@@H](F)[C@H]4O)nc3c2)s1. The molecule has 4 atom stereocenters. The van der Waals surface area contributed by atoms with Crippen molar-refractivity contribution in [3.63, 3.8) is 0 Å². The highest BCUT2D eigenvalue weighted by molar-refractivity contribution is 7.14. The van der Waals surface area contributed by atoms with Crippen molar-refractivity contribution in [3.05, 3.63) is 71.4 Å². The summed E-state index contributed by atoms with van der Waals surface area (Å²) in [6.07, 6.45) is -0.431. The van der Waals surface area contributed by atoms with E-state index in [1.54, 1.807) is 47.9 Å². The molecule has 0 saturated heterocycles. The molecule has 34 heavy (non-hydrogen) atoms. The number of hydrogen-bond donors (Lipinski definition) is 2. The van der Waals surface area contributed by atoms with Gasteiger partial charge in [0.2, 0.25) is 5.79 Å². The van der Waals surface area contributed by atoms with E-state index in [4.69, 9.17) is 0 Å². The van der Waals surface area contributed by atoms with Crippen molar-refractivity contribution in [2.45, 2.75) is 37.8 Å². The fraction of sp³-hybridized carbons (Fsp3) is 0.320. The van der Waals surface area contributed by atoms with Crippen molar-refractivity contribution >= 4 is 28.1 Å². The summed E-state index contributed by atoms with van der Waals surface area (Å²) in [5.74, 6) is -3.41. The predicted molar refractivity (Wildman–Crippen MR) is 127 cm³/mol. The highest BCUT2D eigenvalue weighted by Gasteiger charge is 2.52. The lowest BCUT2D eigenvalue weighted by Gasteiger charge is -2.40. The van der Waals surface area contributed by atoms with Crippen molar-refractivity contribution < 1.29 is 18.7 Å². The van der Waals surface area contributed by atoms with E-state index in [0.29, 0.717) is 16.5 Å². The van der Waals surface area contributed by atoms with Crippen LogP contribution < -0.4 is 5.32 Å². The average Bonchev–Trinajstić information content (AvgIpc) is 3.48.